The van der Waals surface area contributed by atoms with Crippen LogP contribution in [0.15, 0.2) is 59.9 Å². The highest BCUT2D eigenvalue weighted by atomic mass is 32.2. The standard InChI is InChI=1S/C24H26N6O3S/c1-4-33-16-11-9-15(10-12-16)30-21(18-13-26-19-8-6-5-7-17(18)19)28-29-24(30)34-20(14(2)3)22(31)27-23(25)32/h5-14,20,26H,4H2,1-3H3,(H3,25,27,31,32)/t20-/m0/s1. The van der Waals surface area contributed by atoms with Crippen LogP contribution in [0.1, 0.15) is 20.8 Å². The van der Waals surface area contributed by atoms with Crippen LogP contribution in [0.4, 0.5) is 4.79 Å². The van der Waals surface area contributed by atoms with E-state index in [-0.39, 0.29) is 5.92 Å². The lowest BCUT2D eigenvalue weighted by Gasteiger charge is -2.19. The summed E-state index contributed by atoms with van der Waals surface area (Å²) in [6, 6.07) is 14.7. The molecule has 10 heteroatoms. The van der Waals surface area contributed by atoms with Crippen molar-refractivity contribution in [1.29, 1.82) is 0 Å². The van der Waals surface area contributed by atoms with Crippen molar-refractivity contribution in [1.82, 2.24) is 25.1 Å². The number of fused-ring (bicyclic) bond motifs is 1. The minimum Gasteiger partial charge on any atom is -0.494 e. The average molecular weight is 479 g/mol. The molecule has 0 bridgehead atoms. The largest absolute Gasteiger partial charge is 0.494 e. The van der Waals surface area contributed by atoms with Gasteiger partial charge in [0.15, 0.2) is 11.0 Å². The Hall–Kier alpha value is -3.79. The summed E-state index contributed by atoms with van der Waals surface area (Å²) in [5.74, 6) is 0.818. The zero-order valence-corrected chi connectivity index (χ0v) is 19.9. The lowest BCUT2D eigenvalue weighted by atomic mass is 10.1. The van der Waals surface area contributed by atoms with Crippen LogP contribution in [0.5, 0.6) is 5.75 Å². The molecule has 0 spiro atoms. The van der Waals surface area contributed by atoms with Crippen molar-refractivity contribution in [2.24, 2.45) is 11.7 Å². The number of nitrogens with two attached hydrogens (primary N) is 1. The summed E-state index contributed by atoms with van der Waals surface area (Å²) in [5.41, 5.74) is 7.85. The molecule has 0 saturated heterocycles. The van der Waals surface area contributed by atoms with Gasteiger partial charge in [-0.15, -0.1) is 10.2 Å². The number of hydrogen-bond donors (Lipinski definition) is 3. The Bertz CT molecular complexity index is 1310. The Morgan fingerprint density at radius 2 is 1.88 bits per heavy atom. The van der Waals surface area contributed by atoms with E-state index in [0.29, 0.717) is 17.6 Å². The summed E-state index contributed by atoms with van der Waals surface area (Å²) < 4.78 is 7.49. The molecular weight excluding hydrogens is 452 g/mol. The number of primary amides is 1. The van der Waals surface area contributed by atoms with Gasteiger partial charge >= 0.3 is 6.03 Å². The monoisotopic (exact) mass is 478 g/mol. The molecule has 0 aliphatic rings. The third-order valence-corrected chi connectivity index (χ3v) is 6.70. The molecule has 2 heterocycles. The zero-order valence-electron chi connectivity index (χ0n) is 19.1. The van der Waals surface area contributed by atoms with Gasteiger partial charge in [-0.2, -0.15) is 0 Å². The van der Waals surface area contributed by atoms with Gasteiger partial charge in [-0.3, -0.25) is 14.7 Å². The SMILES string of the molecule is CCOc1ccc(-n2c(S[C@H](C(=O)NC(N)=O)C(C)C)nnc2-c2c[nH]c3ccccc23)cc1. The predicted molar refractivity (Wildman–Crippen MR) is 132 cm³/mol. The number of carbonyl (C=O) groups is 2. The van der Waals surface area contributed by atoms with Gasteiger partial charge < -0.3 is 15.5 Å². The number of hydrogen-bond acceptors (Lipinski definition) is 6. The molecule has 4 aromatic rings. The number of imide groups is 1. The first-order valence-electron chi connectivity index (χ1n) is 10.9. The number of nitrogens with one attached hydrogen (secondary N) is 2. The summed E-state index contributed by atoms with van der Waals surface area (Å²) in [7, 11) is 0. The van der Waals surface area contributed by atoms with Gasteiger partial charge in [0, 0.05) is 28.4 Å². The third-order valence-electron chi connectivity index (χ3n) is 5.21. The van der Waals surface area contributed by atoms with E-state index in [4.69, 9.17) is 10.5 Å². The Kier molecular flexibility index (Phi) is 6.87. The Labute approximate surface area is 201 Å². The topological polar surface area (TPSA) is 128 Å². The maximum Gasteiger partial charge on any atom is 0.318 e. The molecule has 2 aromatic heterocycles. The molecule has 0 unspecified atom stereocenters. The van der Waals surface area contributed by atoms with Gasteiger partial charge in [-0.1, -0.05) is 43.8 Å². The van der Waals surface area contributed by atoms with Crippen LogP contribution in [0.3, 0.4) is 0 Å². The Morgan fingerprint density at radius 3 is 2.56 bits per heavy atom. The van der Waals surface area contributed by atoms with Gasteiger partial charge in [-0.05, 0) is 43.2 Å². The van der Waals surface area contributed by atoms with Crippen molar-refractivity contribution in [3.63, 3.8) is 0 Å². The van der Waals surface area contributed by atoms with Crippen LogP contribution in [-0.2, 0) is 4.79 Å². The van der Waals surface area contributed by atoms with E-state index < -0.39 is 17.2 Å². The molecule has 2 aromatic carbocycles. The fourth-order valence-corrected chi connectivity index (χ4v) is 4.72. The smallest absolute Gasteiger partial charge is 0.318 e. The number of aromatic nitrogens is 4. The van der Waals surface area contributed by atoms with Crippen LogP contribution in [0, 0.1) is 5.92 Å². The van der Waals surface area contributed by atoms with Crippen molar-refractivity contribution >= 4 is 34.6 Å². The molecular formula is C24H26N6O3S. The van der Waals surface area contributed by atoms with Crippen LogP contribution in [0.2, 0.25) is 0 Å². The molecule has 176 valence electrons. The fraction of sp³-hybridized carbons (Fsp3) is 0.250. The number of aromatic amines is 1. The van der Waals surface area contributed by atoms with Gasteiger partial charge in [0.2, 0.25) is 5.91 Å². The van der Waals surface area contributed by atoms with E-state index in [1.54, 1.807) is 0 Å². The Morgan fingerprint density at radius 1 is 1.15 bits per heavy atom. The number of rotatable bonds is 8. The van der Waals surface area contributed by atoms with E-state index in [1.165, 1.54) is 11.8 Å². The summed E-state index contributed by atoms with van der Waals surface area (Å²) >= 11 is 1.23. The maximum absolute atomic E-state index is 12.7. The van der Waals surface area contributed by atoms with E-state index >= 15 is 0 Å². The minimum atomic E-state index is -0.885. The molecule has 0 fully saturated rings. The summed E-state index contributed by atoms with van der Waals surface area (Å²) in [5, 5.41) is 12.0. The molecule has 1 atom stereocenters. The van der Waals surface area contributed by atoms with Crippen LogP contribution in [-0.4, -0.2) is 43.5 Å². The van der Waals surface area contributed by atoms with E-state index in [0.717, 1.165) is 27.9 Å². The van der Waals surface area contributed by atoms with Gasteiger partial charge in [0.25, 0.3) is 0 Å². The van der Waals surface area contributed by atoms with Crippen molar-refractivity contribution in [2.45, 2.75) is 31.2 Å². The maximum atomic E-state index is 12.7. The lowest BCUT2D eigenvalue weighted by Crippen LogP contribution is -2.42. The van der Waals surface area contributed by atoms with Gasteiger partial charge in [-0.25, -0.2) is 4.79 Å². The molecule has 9 nitrogen and oxygen atoms in total. The number of benzene rings is 2. The molecule has 0 saturated carbocycles. The van der Waals surface area contributed by atoms with Gasteiger partial charge in [0.1, 0.15) is 5.75 Å². The number of H-pyrrole nitrogens is 1. The number of nitrogens with zero attached hydrogens (tertiary/aromatic N) is 3. The molecule has 0 radical (unpaired) electrons. The number of amides is 3. The summed E-state index contributed by atoms with van der Waals surface area (Å²) in [6.07, 6.45) is 1.90. The lowest BCUT2D eigenvalue weighted by molar-refractivity contribution is -0.120. The molecule has 34 heavy (non-hydrogen) atoms. The molecule has 0 aliphatic heterocycles. The second-order valence-corrected chi connectivity index (χ2v) is 9.06. The Balaban J connectivity index is 1.82. The summed E-state index contributed by atoms with van der Waals surface area (Å²) in [6.45, 7) is 6.30. The van der Waals surface area contributed by atoms with E-state index in [2.05, 4.69) is 20.5 Å². The van der Waals surface area contributed by atoms with E-state index in [9.17, 15) is 9.59 Å². The number of ether oxygens (including phenoxy) is 1. The normalized spacial score (nSPS) is 12.1. The molecule has 0 aliphatic carbocycles. The first-order chi connectivity index (χ1) is 16.4. The first kappa shape index (κ1) is 23.4. The van der Waals surface area contributed by atoms with Crippen molar-refractivity contribution in [2.75, 3.05) is 6.61 Å². The second-order valence-electron chi connectivity index (χ2n) is 7.95. The van der Waals surface area contributed by atoms with Crippen molar-refractivity contribution < 1.29 is 14.3 Å². The number of carbonyl (C=O) groups excluding carboxylic acids is 2. The van der Waals surface area contributed by atoms with Gasteiger partial charge in [0.05, 0.1) is 11.9 Å². The third kappa shape index (κ3) is 4.76. The van der Waals surface area contributed by atoms with Crippen LogP contribution >= 0.6 is 11.8 Å². The van der Waals surface area contributed by atoms with Crippen molar-refractivity contribution in [3.05, 3.63) is 54.7 Å². The zero-order chi connectivity index (χ0) is 24.2. The minimum absolute atomic E-state index is 0.0913. The number of para-hydroxylation sites is 1. The molecule has 4 N–H and O–H groups in total. The molecule has 4 rings (SSSR count). The number of thioether (sulfide) groups is 1. The van der Waals surface area contributed by atoms with Crippen LogP contribution < -0.4 is 15.8 Å². The highest BCUT2D eigenvalue weighted by Crippen LogP contribution is 2.35. The second kappa shape index (κ2) is 10.0. The number of urea groups is 1. The predicted octanol–water partition coefficient (Wildman–Crippen LogP) is 4.13. The highest BCUT2D eigenvalue weighted by Gasteiger charge is 2.28. The fourth-order valence-electron chi connectivity index (χ4n) is 3.67. The molecule has 3 amide bonds. The van der Waals surface area contributed by atoms with Crippen LogP contribution in [0.25, 0.3) is 28.0 Å². The highest BCUT2D eigenvalue weighted by molar-refractivity contribution is 8.00. The van der Waals surface area contributed by atoms with Crippen molar-refractivity contribution in [3.8, 4) is 22.8 Å². The summed E-state index contributed by atoms with van der Waals surface area (Å²) in [4.78, 5) is 27.2. The van der Waals surface area contributed by atoms with E-state index in [1.807, 2.05) is 80.1 Å². The average Bonchev–Trinajstić information content (AvgIpc) is 3.41. The quantitative estimate of drug-likeness (QED) is 0.327. The first-order valence-corrected chi connectivity index (χ1v) is 11.8.